The van der Waals surface area contributed by atoms with E-state index in [1.54, 1.807) is 13.8 Å². The lowest BCUT2D eigenvalue weighted by molar-refractivity contribution is -0.232. The highest BCUT2D eigenvalue weighted by atomic mass is 35.5. The molecule has 1 unspecified atom stereocenters. The molecule has 7 nitrogen and oxygen atoms in total. The zero-order valence-electron chi connectivity index (χ0n) is 32.7. The molecule has 2 aromatic rings. The number of carboxylic acid groups (broad SMARTS) is 1. The number of carboxylic acids is 1. The summed E-state index contributed by atoms with van der Waals surface area (Å²) in [6, 6.07) is 7.64. The number of ketones is 1. The maximum atomic E-state index is 14.1. The topological polar surface area (TPSA) is 107 Å². The average molecular weight is 732 g/mol. The van der Waals surface area contributed by atoms with Crippen LogP contribution in [0.25, 0.3) is 11.3 Å². The van der Waals surface area contributed by atoms with E-state index in [4.69, 9.17) is 25.7 Å². The predicted molar refractivity (Wildman–Crippen MR) is 202 cm³/mol. The zero-order chi connectivity index (χ0) is 37.8. The highest BCUT2D eigenvalue weighted by molar-refractivity contribution is 6.30. The van der Waals surface area contributed by atoms with Crippen molar-refractivity contribution >= 4 is 29.3 Å². The van der Waals surface area contributed by atoms with Crippen LogP contribution in [-0.2, 0) is 24.5 Å². The van der Waals surface area contributed by atoms with Gasteiger partial charge in [0.1, 0.15) is 6.10 Å². The summed E-state index contributed by atoms with van der Waals surface area (Å²) in [6.45, 7) is 19.7. The Kier molecular flexibility index (Phi) is 8.84. The SMILES string of the molecule is CC(C)C1=C2C3CC[C@@H]4[C@@]5(C)CC[C@H](OC(=O)CC(C)(C)C(=O)O)C(C)(C)[C@@H]5CC[C@@]4(C)[C@]3(C)CC[C@@]2(c2ncc(-c3ccc(Cl)cc3)o2)CC1=O. The van der Waals surface area contributed by atoms with Gasteiger partial charge in [-0.1, -0.05) is 60.1 Å². The normalized spacial score (nSPS) is 36.9. The van der Waals surface area contributed by atoms with Gasteiger partial charge in [-0.25, -0.2) is 4.98 Å². The maximum Gasteiger partial charge on any atom is 0.309 e. The number of ether oxygens (including phenoxy) is 1. The van der Waals surface area contributed by atoms with Crippen LogP contribution in [0, 0.1) is 50.7 Å². The highest BCUT2D eigenvalue weighted by Gasteiger charge is 2.71. The number of halogens is 1. The fraction of sp³-hybridized carbons (Fsp3) is 0.682. The number of hydrogen-bond donors (Lipinski definition) is 1. The summed E-state index contributed by atoms with van der Waals surface area (Å²) in [7, 11) is 0. The first-order valence-electron chi connectivity index (χ1n) is 19.6. The molecule has 5 aliphatic rings. The molecule has 4 saturated carbocycles. The number of aromatic nitrogens is 1. The van der Waals surface area contributed by atoms with Gasteiger partial charge in [0.2, 0.25) is 5.89 Å². The van der Waals surface area contributed by atoms with E-state index in [1.807, 2.05) is 30.5 Å². The number of esters is 1. The van der Waals surface area contributed by atoms with Crippen LogP contribution in [-0.4, -0.2) is 33.9 Å². The van der Waals surface area contributed by atoms with Gasteiger partial charge < -0.3 is 14.3 Å². The van der Waals surface area contributed by atoms with E-state index in [2.05, 4.69) is 48.5 Å². The van der Waals surface area contributed by atoms with Crippen LogP contribution in [0.5, 0.6) is 0 Å². The Labute approximate surface area is 314 Å². The van der Waals surface area contributed by atoms with Gasteiger partial charge in [0.15, 0.2) is 11.5 Å². The number of allylic oxidation sites excluding steroid dienone is 2. The van der Waals surface area contributed by atoms with Crippen LogP contribution >= 0.6 is 11.6 Å². The van der Waals surface area contributed by atoms with E-state index in [9.17, 15) is 19.5 Å². The van der Waals surface area contributed by atoms with E-state index in [-0.39, 0.29) is 51.8 Å². The van der Waals surface area contributed by atoms with Crippen LogP contribution in [0.15, 0.2) is 46.0 Å². The molecule has 1 aromatic heterocycles. The van der Waals surface area contributed by atoms with Gasteiger partial charge in [-0.2, -0.15) is 0 Å². The number of carbonyl (C=O) groups is 3. The number of Topliss-reactive ketones (excluding diaryl/α,β-unsaturated/α-hetero) is 1. The van der Waals surface area contributed by atoms with Gasteiger partial charge in [-0.05, 0) is 141 Å². The van der Waals surface area contributed by atoms with E-state index in [0.717, 1.165) is 62.5 Å². The minimum atomic E-state index is -1.16. The number of benzene rings is 1. The molecule has 52 heavy (non-hydrogen) atoms. The fourth-order valence-corrected chi connectivity index (χ4v) is 13.1. The Morgan fingerprint density at radius 2 is 1.65 bits per heavy atom. The summed E-state index contributed by atoms with van der Waals surface area (Å²) >= 11 is 6.19. The number of hydrogen-bond acceptors (Lipinski definition) is 6. The Morgan fingerprint density at radius 3 is 2.31 bits per heavy atom. The van der Waals surface area contributed by atoms with Crippen molar-refractivity contribution in [2.24, 2.45) is 50.7 Å². The first-order valence-corrected chi connectivity index (χ1v) is 20.0. The molecule has 1 N–H and O–H groups in total. The molecule has 0 aliphatic heterocycles. The molecule has 0 bridgehead atoms. The number of carbonyl (C=O) groups excluding carboxylic acids is 2. The molecule has 8 atom stereocenters. The lowest BCUT2D eigenvalue weighted by atomic mass is 9.33. The minimum absolute atomic E-state index is 0.00500. The van der Waals surface area contributed by atoms with Gasteiger partial charge in [0.25, 0.3) is 0 Å². The Morgan fingerprint density at radius 1 is 0.962 bits per heavy atom. The van der Waals surface area contributed by atoms with E-state index in [0.29, 0.717) is 34.9 Å². The van der Waals surface area contributed by atoms with Crippen LogP contribution in [0.2, 0.25) is 5.02 Å². The Hall–Kier alpha value is -2.93. The number of aliphatic carboxylic acids is 1. The summed E-state index contributed by atoms with van der Waals surface area (Å²) in [4.78, 5) is 43.9. The number of oxazole rings is 1. The van der Waals surface area contributed by atoms with Crippen molar-refractivity contribution in [2.45, 2.75) is 138 Å². The number of fused-ring (bicyclic) bond motifs is 7. The first-order chi connectivity index (χ1) is 24.2. The lowest BCUT2D eigenvalue weighted by Gasteiger charge is -2.72. The van der Waals surface area contributed by atoms with Crippen molar-refractivity contribution in [3.05, 3.63) is 52.5 Å². The third-order valence-electron chi connectivity index (χ3n) is 15.9. The smallest absolute Gasteiger partial charge is 0.309 e. The number of rotatable bonds is 7. The van der Waals surface area contributed by atoms with Gasteiger partial charge in [0.05, 0.1) is 23.4 Å². The molecule has 5 aliphatic carbocycles. The van der Waals surface area contributed by atoms with Crippen molar-refractivity contribution in [3.63, 3.8) is 0 Å². The summed E-state index contributed by atoms with van der Waals surface area (Å²) in [5.41, 5.74) is 1.45. The summed E-state index contributed by atoms with van der Waals surface area (Å²) in [5.74, 6) is 1.49. The molecule has 4 fully saturated rings. The lowest BCUT2D eigenvalue weighted by Crippen LogP contribution is -2.66. The van der Waals surface area contributed by atoms with Crippen molar-refractivity contribution in [2.75, 3.05) is 0 Å². The Balaban J connectivity index is 1.20. The second-order valence-electron chi connectivity index (χ2n) is 19.5. The largest absolute Gasteiger partial charge is 0.481 e. The molecule has 0 saturated heterocycles. The molecule has 0 amide bonds. The zero-order valence-corrected chi connectivity index (χ0v) is 33.4. The maximum absolute atomic E-state index is 14.1. The monoisotopic (exact) mass is 731 g/mol. The third kappa shape index (κ3) is 5.32. The second kappa shape index (κ2) is 12.3. The molecule has 7 rings (SSSR count). The van der Waals surface area contributed by atoms with Crippen molar-refractivity contribution in [3.8, 4) is 11.3 Å². The summed E-state index contributed by atoms with van der Waals surface area (Å²) in [5, 5.41) is 10.3. The third-order valence-corrected chi connectivity index (χ3v) is 16.1. The molecule has 0 radical (unpaired) electrons. The molecular weight excluding hydrogens is 674 g/mol. The highest BCUT2D eigenvalue weighted by Crippen LogP contribution is 2.76. The van der Waals surface area contributed by atoms with E-state index < -0.39 is 22.8 Å². The van der Waals surface area contributed by atoms with Crippen LogP contribution in [0.4, 0.5) is 0 Å². The molecule has 8 heteroatoms. The molecule has 1 aromatic carbocycles. The quantitative estimate of drug-likeness (QED) is 0.282. The summed E-state index contributed by atoms with van der Waals surface area (Å²) < 4.78 is 12.8. The fourth-order valence-electron chi connectivity index (χ4n) is 12.9. The van der Waals surface area contributed by atoms with Crippen LogP contribution < -0.4 is 0 Å². The van der Waals surface area contributed by atoms with Crippen molar-refractivity contribution in [1.82, 2.24) is 4.98 Å². The predicted octanol–water partition coefficient (Wildman–Crippen LogP) is 10.6. The van der Waals surface area contributed by atoms with E-state index >= 15 is 0 Å². The standard InChI is InChI=1S/C44H58ClNO6/c1-25(2)35-29(47)22-44(37-46-24-30(51-37)26-10-12-27(45)13-11-26)21-20-42(8)28(36(35)44)14-15-32-41(7)18-17-33(52-34(48)23-39(3,4)38(49)50)40(5,6)31(41)16-19-43(32,42)9/h10-13,24-25,28,31-33H,14-23H2,1-9H3,(H,49,50)/t28?,31-,32+,33-,41-,42+,43+,44+/m0/s1. The van der Waals surface area contributed by atoms with Crippen LogP contribution in [0.3, 0.4) is 0 Å². The average Bonchev–Trinajstić information content (AvgIpc) is 3.66. The summed E-state index contributed by atoms with van der Waals surface area (Å²) in [6.07, 6.45) is 9.77. The van der Waals surface area contributed by atoms with Gasteiger partial charge in [0, 0.05) is 22.4 Å². The van der Waals surface area contributed by atoms with Crippen LogP contribution in [0.1, 0.15) is 132 Å². The first kappa shape index (κ1) is 37.4. The molecular formula is C44H58ClNO6. The molecule has 282 valence electrons. The van der Waals surface area contributed by atoms with E-state index in [1.165, 1.54) is 5.57 Å². The Bertz CT molecular complexity index is 1820. The van der Waals surface area contributed by atoms with Gasteiger partial charge >= 0.3 is 11.9 Å². The number of nitrogens with zero attached hydrogens (tertiary/aromatic N) is 1. The molecule has 1 heterocycles. The second-order valence-corrected chi connectivity index (χ2v) is 20.0. The van der Waals surface area contributed by atoms with Crippen molar-refractivity contribution in [1.29, 1.82) is 0 Å². The molecule has 0 spiro atoms. The minimum Gasteiger partial charge on any atom is -0.481 e. The van der Waals surface area contributed by atoms with Gasteiger partial charge in [-0.3, -0.25) is 14.4 Å². The van der Waals surface area contributed by atoms with Crippen molar-refractivity contribution < 1.29 is 28.6 Å². The van der Waals surface area contributed by atoms with Gasteiger partial charge in [-0.15, -0.1) is 0 Å².